The molecule has 11 nitrogen and oxygen atoms in total. The predicted molar refractivity (Wildman–Crippen MR) is 178 cm³/mol. The minimum atomic E-state index is -0.458. The summed E-state index contributed by atoms with van der Waals surface area (Å²) in [6, 6.07) is 24.9. The van der Waals surface area contributed by atoms with Crippen molar-refractivity contribution in [3.63, 3.8) is 0 Å². The Hall–Kier alpha value is -4.84. The molecule has 0 radical (unpaired) electrons. The van der Waals surface area contributed by atoms with Crippen LogP contribution in [0.3, 0.4) is 0 Å². The van der Waals surface area contributed by atoms with Crippen LogP contribution >= 0.6 is 0 Å². The molecular formula is C40H36O11. The van der Waals surface area contributed by atoms with E-state index in [1.165, 1.54) is 11.1 Å². The van der Waals surface area contributed by atoms with Crippen molar-refractivity contribution >= 4 is 0 Å². The van der Waals surface area contributed by atoms with E-state index >= 15 is 0 Å². The molecule has 51 heavy (non-hydrogen) atoms. The van der Waals surface area contributed by atoms with Crippen LogP contribution in [0.1, 0.15) is 34.1 Å². The molecule has 1 saturated carbocycles. The number of benzene rings is 4. The topological polar surface area (TPSA) is 102 Å². The quantitative estimate of drug-likeness (QED) is 0.232. The zero-order valence-electron chi connectivity index (χ0n) is 27.7. The van der Waals surface area contributed by atoms with Gasteiger partial charge in [-0.25, -0.2) is 0 Å². The van der Waals surface area contributed by atoms with E-state index in [2.05, 4.69) is 48.5 Å². The first kappa shape index (κ1) is 29.8. The van der Waals surface area contributed by atoms with Crippen molar-refractivity contribution in [3.05, 3.63) is 95.1 Å². The van der Waals surface area contributed by atoms with Crippen molar-refractivity contribution in [1.82, 2.24) is 0 Å². The Morgan fingerprint density at radius 2 is 0.784 bits per heavy atom. The van der Waals surface area contributed by atoms with Crippen LogP contribution in [-0.2, 0) is 27.1 Å². The average molecular weight is 693 g/mol. The van der Waals surface area contributed by atoms with Crippen LogP contribution in [0.25, 0.3) is 0 Å². The number of ether oxygens (including phenoxy) is 11. The molecule has 3 fully saturated rings. The molecule has 6 aliphatic heterocycles. The lowest BCUT2D eigenvalue weighted by atomic mass is 9.53. The average Bonchev–Trinajstić information content (AvgIpc) is 3.99. The Kier molecular flexibility index (Phi) is 6.94. The zero-order chi connectivity index (χ0) is 33.5. The molecule has 8 atom stereocenters. The largest absolute Gasteiger partial charge is 0.454 e. The highest BCUT2D eigenvalue weighted by Crippen LogP contribution is 2.60. The SMILES string of the molecule is c1cc2c(cc1CC1C3OCC4C(COC(O3)C1Cc1ccc3c(c1)OCO3)C(c1ccc3c(c1)OCO3)C4c1ccc3c(c1)OCO3)OCO2. The maximum absolute atomic E-state index is 6.91. The van der Waals surface area contributed by atoms with Crippen LogP contribution in [-0.4, -0.2) is 53.0 Å². The first-order valence-corrected chi connectivity index (χ1v) is 17.7. The van der Waals surface area contributed by atoms with Gasteiger partial charge in [-0.15, -0.1) is 0 Å². The molecule has 0 spiro atoms. The molecule has 6 heterocycles. The lowest BCUT2D eigenvalue weighted by Crippen LogP contribution is -2.49. The maximum Gasteiger partial charge on any atom is 0.231 e. The molecule has 11 rings (SSSR count). The third kappa shape index (κ3) is 5.04. The zero-order valence-corrected chi connectivity index (χ0v) is 27.7. The van der Waals surface area contributed by atoms with Gasteiger partial charge in [0.2, 0.25) is 27.2 Å². The molecule has 4 aromatic rings. The summed E-state index contributed by atoms with van der Waals surface area (Å²) in [5, 5.41) is 0. The third-order valence-electron chi connectivity index (χ3n) is 11.7. The first-order chi connectivity index (χ1) is 25.2. The number of rotatable bonds is 6. The number of hydrogen-bond donors (Lipinski definition) is 0. The molecule has 4 aromatic carbocycles. The van der Waals surface area contributed by atoms with Crippen molar-refractivity contribution in [3.8, 4) is 46.0 Å². The molecule has 0 N–H and O–H groups in total. The Bertz CT molecular complexity index is 1860. The van der Waals surface area contributed by atoms with Gasteiger partial charge in [-0.3, -0.25) is 0 Å². The standard InChI is InChI=1S/C40H36O11/c1-5-29-33(47-17-43-29)11-21(1)9-25-26(10-22-2-6-30-34(12-22)48-18-44-30)40-42-16-28-27(15-41-39(25)51-40)37(23-3-7-31-35(13-23)49-19-45-31)38(28)24-4-8-32-36(14-24)50-20-46-32/h1-8,11-14,25-28,37-40H,9-10,15-20H2. The van der Waals surface area contributed by atoms with Gasteiger partial charge in [0.1, 0.15) is 0 Å². The molecular weight excluding hydrogens is 656 g/mol. The normalized spacial score (nSPS) is 30.3. The van der Waals surface area contributed by atoms with Gasteiger partial charge in [-0.05, 0) is 107 Å². The fourth-order valence-corrected chi connectivity index (χ4v) is 9.18. The summed E-state index contributed by atoms with van der Waals surface area (Å²) < 4.78 is 66.2. The minimum Gasteiger partial charge on any atom is -0.454 e. The van der Waals surface area contributed by atoms with Crippen LogP contribution in [0.15, 0.2) is 72.8 Å². The highest BCUT2D eigenvalue weighted by atomic mass is 16.8. The minimum absolute atomic E-state index is 0.0195. The summed E-state index contributed by atoms with van der Waals surface area (Å²) in [7, 11) is 0. The van der Waals surface area contributed by atoms with Crippen LogP contribution in [0, 0.1) is 23.7 Å². The second-order valence-corrected chi connectivity index (χ2v) is 14.3. The van der Waals surface area contributed by atoms with Crippen LogP contribution in [0.5, 0.6) is 46.0 Å². The predicted octanol–water partition coefficient (Wildman–Crippen LogP) is 6.16. The van der Waals surface area contributed by atoms with E-state index in [4.69, 9.17) is 52.1 Å². The first-order valence-electron chi connectivity index (χ1n) is 17.7. The fraction of sp³-hybridized carbons (Fsp3) is 0.400. The third-order valence-corrected chi connectivity index (χ3v) is 11.7. The molecule has 7 aliphatic rings. The van der Waals surface area contributed by atoms with Crippen LogP contribution in [0.2, 0.25) is 0 Å². The van der Waals surface area contributed by atoms with Crippen molar-refractivity contribution in [2.75, 3.05) is 40.4 Å². The summed E-state index contributed by atoms with van der Waals surface area (Å²) in [6.07, 6.45) is 0.548. The van der Waals surface area contributed by atoms with Gasteiger partial charge in [0.25, 0.3) is 0 Å². The number of fused-ring (bicyclic) bond motifs is 7. The summed E-state index contributed by atoms with van der Waals surface area (Å²) in [5.41, 5.74) is 4.65. The highest BCUT2D eigenvalue weighted by molar-refractivity contribution is 5.51. The van der Waals surface area contributed by atoms with Gasteiger partial charge >= 0.3 is 0 Å². The van der Waals surface area contributed by atoms with Gasteiger partial charge in [0.15, 0.2) is 58.6 Å². The van der Waals surface area contributed by atoms with E-state index in [0.29, 0.717) is 13.2 Å². The van der Waals surface area contributed by atoms with Gasteiger partial charge in [-0.2, -0.15) is 0 Å². The fourth-order valence-electron chi connectivity index (χ4n) is 9.18. The molecule has 2 saturated heterocycles. The van der Waals surface area contributed by atoms with Crippen molar-refractivity contribution < 1.29 is 52.1 Å². The second kappa shape index (κ2) is 11.9. The Morgan fingerprint density at radius 3 is 1.22 bits per heavy atom. The van der Waals surface area contributed by atoms with Gasteiger partial charge in [0, 0.05) is 11.8 Å². The molecule has 0 aromatic heterocycles. The summed E-state index contributed by atoms with van der Waals surface area (Å²) >= 11 is 0. The maximum atomic E-state index is 6.91. The van der Waals surface area contributed by atoms with Gasteiger partial charge < -0.3 is 52.1 Å². The van der Waals surface area contributed by atoms with Crippen LogP contribution in [0.4, 0.5) is 0 Å². The molecule has 0 amide bonds. The van der Waals surface area contributed by atoms with E-state index in [1.54, 1.807) is 0 Å². The molecule has 2 bridgehead atoms. The number of hydrogen-bond acceptors (Lipinski definition) is 11. The Morgan fingerprint density at radius 1 is 0.412 bits per heavy atom. The van der Waals surface area contributed by atoms with Gasteiger partial charge in [0.05, 0.1) is 13.2 Å². The lowest BCUT2D eigenvalue weighted by molar-refractivity contribution is -0.209. The molecule has 1 aliphatic carbocycles. The van der Waals surface area contributed by atoms with E-state index < -0.39 is 12.6 Å². The molecule has 11 heteroatoms. The Balaban J connectivity index is 0.930. The highest BCUT2D eigenvalue weighted by Gasteiger charge is 2.55. The van der Waals surface area contributed by atoms with E-state index in [-0.39, 0.29) is 62.7 Å². The summed E-state index contributed by atoms with van der Waals surface area (Å²) in [6.45, 7) is 1.99. The molecule has 8 unspecified atom stereocenters. The van der Waals surface area contributed by atoms with Crippen molar-refractivity contribution in [2.45, 2.75) is 37.3 Å². The van der Waals surface area contributed by atoms with Gasteiger partial charge in [-0.1, -0.05) is 24.3 Å². The van der Waals surface area contributed by atoms with E-state index in [1.807, 2.05) is 24.3 Å². The summed E-state index contributed by atoms with van der Waals surface area (Å²) in [5.74, 6) is 6.88. The lowest BCUT2D eigenvalue weighted by Gasteiger charge is -2.53. The van der Waals surface area contributed by atoms with E-state index in [0.717, 1.165) is 70.0 Å². The smallest absolute Gasteiger partial charge is 0.231 e. The van der Waals surface area contributed by atoms with Crippen molar-refractivity contribution in [2.24, 2.45) is 23.7 Å². The van der Waals surface area contributed by atoms with E-state index in [9.17, 15) is 0 Å². The second-order valence-electron chi connectivity index (χ2n) is 14.3. The summed E-state index contributed by atoms with van der Waals surface area (Å²) in [4.78, 5) is 0. The van der Waals surface area contributed by atoms with Crippen LogP contribution < -0.4 is 37.9 Å². The van der Waals surface area contributed by atoms with Crippen molar-refractivity contribution in [1.29, 1.82) is 0 Å². The Labute approximate surface area is 294 Å². The monoisotopic (exact) mass is 692 g/mol. The molecule has 262 valence electrons.